The average Bonchev–Trinajstić information content (AvgIpc) is 2.74. The summed E-state index contributed by atoms with van der Waals surface area (Å²) < 4.78 is 25.0. The molecule has 2 N–H and O–H groups in total. The molecule has 0 aromatic carbocycles. The fraction of sp³-hybridized carbons (Fsp3) is 1.00. The first-order valence-electron chi connectivity index (χ1n) is 7.57. The van der Waals surface area contributed by atoms with Crippen LogP contribution in [0.3, 0.4) is 0 Å². The molecule has 1 heterocycles. The van der Waals surface area contributed by atoms with Crippen molar-refractivity contribution in [3.63, 3.8) is 0 Å². The lowest BCUT2D eigenvalue weighted by Gasteiger charge is -2.53. The van der Waals surface area contributed by atoms with Crippen LogP contribution >= 0.6 is 11.8 Å². The predicted octanol–water partition coefficient (Wildman–Crippen LogP) is 1.70. The first-order valence-corrected chi connectivity index (χ1v) is 10.4. The second kappa shape index (κ2) is 5.78. The summed E-state index contributed by atoms with van der Waals surface area (Å²) in [4.78, 5) is 2.26. The predicted molar refractivity (Wildman–Crippen MR) is 86.7 cm³/mol. The molecule has 0 radical (unpaired) electrons. The first kappa shape index (κ1) is 16.6. The van der Waals surface area contributed by atoms with Crippen molar-refractivity contribution >= 4 is 21.6 Å². The Hall–Kier alpha value is 0.220. The number of nitrogens with zero attached hydrogens (tertiary/aromatic N) is 1. The van der Waals surface area contributed by atoms with Crippen molar-refractivity contribution in [2.24, 2.45) is 11.1 Å². The molecule has 1 saturated carbocycles. The van der Waals surface area contributed by atoms with Gasteiger partial charge in [-0.15, -0.1) is 0 Å². The van der Waals surface area contributed by atoms with E-state index in [-0.39, 0.29) is 22.1 Å². The lowest BCUT2D eigenvalue weighted by Crippen LogP contribution is -2.66. The molecule has 0 aromatic rings. The van der Waals surface area contributed by atoms with Gasteiger partial charge in [0.1, 0.15) is 5.37 Å². The summed E-state index contributed by atoms with van der Waals surface area (Å²) >= 11 is 1.76. The van der Waals surface area contributed by atoms with Gasteiger partial charge in [-0.2, -0.15) is 11.8 Å². The van der Waals surface area contributed by atoms with Gasteiger partial charge in [-0.1, -0.05) is 27.2 Å². The summed E-state index contributed by atoms with van der Waals surface area (Å²) in [5, 5.41) is -0.354. The van der Waals surface area contributed by atoms with Crippen LogP contribution in [0, 0.1) is 5.41 Å². The van der Waals surface area contributed by atoms with Crippen LogP contribution in [0.15, 0.2) is 0 Å². The summed E-state index contributed by atoms with van der Waals surface area (Å²) in [5.41, 5.74) is 6.12. The van der Waals surface area contributed by atoms with E-state index in [0.717, 1.165) is 31.6 Å². The average molecular weight is 321 g/mol. The van der Waals surface area contributed by atoms with E-state index in [9.17, 15) is 8.42 Å². The van der Waals surface area contributed by atoms with E-state index in [2.05, 4.69) is 18.7 Å². The summed E-state index contributed by atoms with van der Waals surface area (Å²) in [5.74, 6) is 1.91. The number of sulfone groups is 1. The van der Waals surface area contributed by atoms with Crippen molar-refractivity contribution in [2.75, 3.05) is 30.3 Å². The van der Waals surface area contributed by atoms with E-state index in [1.54, 1.807) is 18.7 Å². The van der Waals surface area contributed by atoms with Crippen molar-refractivity contribution < 1.29 is 8.42 Å². The van der Waals surface area contributed by atoms with Gasteiger partial charge in [0.15, 0.2) is 9.84 Å². The van der Waals surface area contributed by atoms with Gasteiger partial charge in [-0.25, -0.2) is 8.42 Å². The molecular formula is C14H28N2O2S2. The molecule has 1 aliphatic carbocycles. The maximum absolute atomic E-state index is 12.5. The van der Waals surface area contributed by atoms with E-state index in [0.29, 0.717) is 12.3 Å². The SMILES string of the molecule is CCS(=O)(=O)C1CSCCN1C1(CN)CCCC1(C)C. The largest absolute Gasteiger partial charge is 0.329 e. The maximum atomic E-state index is 12.5. The Morgan fingerprint density at radius 3 is 2.55 bits per heavy atom. The molecular weight excluding hydrogens is 292 g/mol. The third kappa shape index (κ3) is 2.53. The summed E-state index contributed by atoms with van der Waals surface area (Å²) in [7, 11) is -3.06. The lowest BCUT2D eigenvalue weighted by atomic mass is 9.73. The van der Waals surface area contributed by atoms with E-state index in [1.807, 2.05) is 0 Å². The fourth-order valence-corrected chi connectivity index (χ4v) is 7.05. The van der Waals surface area contributed by atoms with Gasteiger partial charge in [0.25, 0.3) is 0 Å². The highest BCUT2D eigenvalue weighted by Crippen LogP contribution is 2.51. The molecule has 2 fully saturated rings. The topological polar surface area (TPSA) is 63.4 Å². The molecule has 2 unspecified atom stereocenters. The van der Waals surface area contributed by atoms with Crippen LogP contribution in [0.25, 0.3) is 0 Å². The van der Waals surface area contributed by atoms with Gasteiger partial charge in [0.2, 0.25) is 0 Å². The zero-order chi connectivity index (χ0) is 15.0. The van der Waals surface area contributed by atoms with Gasteiger partial charge in [-0.3, -0.25) is 4.90 Å². The minimum Gasteiger partial charge on any atom is -0.329 e. The number of rotatable bonds is 4. The molecule has 118 valence electrons. The third-order valence-electron chi connectivity index (χ3n) is 5.44. The number of nitrogens with two attached hydrogens (primary N) is 1. The lowest BCUT2D eigenvalue weighted by molar-refractivity contribution is 0.00926. The molecule has 4 nitrogen and oxygen atoms in total. The smallest absolute Gasteiger partial charge is 0.166 e. The van der Waals surface area contributed by atoms with Crippen molar-refractivity contribution in [1.82, 2.24) is 4.90 Å². The Morgan fingerprint density at radius 2 is 2.05 bits per heavy atom. The Kier molecular flexibility index (Phi) is 4.80. The zero-order valence-corrected chi connectivity index (χ0v) is 14.5. The van der Waals surface area contributed by atoms with Crippen LogP contribution in [0.1, 0.15) is 40.0 Å². The quantitative estimate of drug-likeness (QED) is 0.854. The normalized spacial score (nSPS) is 35.3. The molecule has 0 bridgehead atoms. The standard InChI is InChI=1S/C14H28N2O2S2/c1-4-20(17,18)12-10-19-9-8-16(12)14(11-15)7-5-6-13(14,2)3/h12H,4-11,15H2,1-3H3. The van der Waals surface area contributed by atoms with Crippen LogP contribution in [0.2, 0.25) is 0 Å². The zero-order valence-electron chi connectivity index (χ0n) is 12.9. The van der Waals surface area contributed by atoms with Gasteiger partial charge in [-0.05, 0) is 18.3 Å². The van der Waals surface area contributed by atoms with Crippen molar-refractivity contribution in [1.29, 1.82) is 0 Å². The molecule has 6 heteroatoms. The third-order valence-corrected chi connectivity index (χ3v) is 8.73. The van der Waals surface area contributed by atoms with Gasteiger partial charge >= 0.3 is 0 Å². The van der Waals surface area contributed by atoms with E-state index in [1.165, 1.54) is 0 Å². The molecule has 20 heavy (non-hydrogen) atoms. The van der Waals surface area contributed by atoms with E-state index < -0.39 is 9.84 Å². The number of thioether (sulfide) groups is 1. The fourth-order valence-electron chi connectivity index (χ4n) is 3.98. The molecule has 2 atom stereocenters. The van der Waals surface area contributed by atoms with E-state index in [4.69, 9.17) is 5.73 Å². The summed E-state index contributed by atoms with van der Waals surface area (Å²) in [6.07, 6.45) is 3.30. The van der Waals surface area contributed by atoms with Crippen molar-refractivity contribution in [3.8, 4) is 0 Å². The Bertz CT molecular complexity index is 450. The van der Waals surface area contributed by atoms with Crippen molar-refractivity contribution in [2.45, 2.75) is 50.9 Å². The van der Waals surface area contributed by atoms with Gasteiger partial charge in [0.05, 0.1) is 0 Å². The molecule has 0 aromatic heterocycles. The molecule has 0 spiro atoms. The van der Waals surface area contributed by atoms with Crippen LogP contribution in [-0.2, 0) is 9.84 Å². The summed E-state index contributed by atoms with van der Waals surface area (Å²) in [6, 6.07) is 0. The van der Waals surface area contributed by atoms with Gasteiger partial charge < -0.3 is 5.73 Å². The van der Waals surface area contributed by atoms with Crippen LogP contribution in [-0.4, -0.2) is 54.6 Å². The highest BCUT2D eigenvalue weighted by Gasteiger charge is 2.55. The van der Waals surface area contributed by atoms with Gasteiger partial charge in [0, 0.05) is 35.9 Å². The molecule has 0 amide bonds. The Labute approximate surface area is 127 Å². The second-order valence-corrected chi connectivity index (χ2v) is 10.2. The number of hydrogen-bond donors (Lipinski definition) is 1. The molecule has 1 aliphatic heterocycles. The van der Waals surface area contributed by atoms with Crippen LogP contribution < -0.4 is 5.73 Å². The monoisotopic (exact) mass is 320 g/mol. The highest BCUT2D eigenvalue weighted by atomic mass is 32.2. The van der Waals surface area contributed by atoms with E-state index >= 15 is 0 Å². The van der Waals surface area contributed by atoms with Crippen molar-refractivity contribution in [3.05, 3.63) is 0 Å². The Morgan fingerprint density at radius 1 is 1.35 bits per heavy atom. The maximum Gasteiger partial charge on any atom is 0.166 e. The number of hydrogen-bond acceptors (Lipinski definition) is 5. The Balaban J connectivity index is 2.41. The minimum atomic E-state index is -3.06. The molecule has 2 aliphatic rings. The molecule has 1 saturated heterocycles. The minimum absolute atomic E-state index is 0.0886. The first-order chi connectivity index (χ1) is 9.31. The van der Waals surface area contributed by atoms with Crippen LogP contribution in [0.4, 0.5) is 0 Å². The summed E-state index contributed by atoms with van der Waals surface area (Å²) in [6.45, 7) is 7.66. The second-order valence-electron chi connectivity index (χ2n) is 6.65. The highest BCUT2D eigenvalue weighted by molar-refractivity contribution is 8.01. The molecule has 2 rings (SSSR count). The van der Waals surface area contributed by atoms with Crippen LogP contribution in [0.5, 0.6) is 0 Å².